The largest absolute Gasteiger partial charge is 0.481 e. The van der Waals surface area contributed by atoms with Gasteiger partial charge in [-0.05, 0) is 46.9 Å². The van der Waals surface area contributed by atoms with Crippen molar-refractivity contribution in [3.63, 3.8) is 0 Å². The Hall–Kier alpha value is -0.830. The second-order valence-corrected chi connectivity index (χ2v) is 6.61. The first kappa shape index (κ1) is 14.2. The lowest BCUT2D eigenvalue weighted by atomic mass is 10.3. The normalized spacial score (nSPS) is 11.2. The lowest BCUT2D eigenvalue weighted by Gasteiger charge is -2.21. The molecule has 0 heterocycles. The number of rotatable bonds is 5. The Morgan fingerprint density at radius 1 is 1.35 bits per heavy atom. The van der Waals surface area contributed by atoms with Gasteiger partial charge in [0.15, 0.2) is 0 Å². The summed E-state index contributed by atoms with van der Waals surface area (Å²) in [5.74, 6) is -1.02. The van der Waals surface area contributed by atoms with Gasteiger partial charge in [-0.2, -0.15) is 0 Å². The van der Waals surface area contributed by atoms with E-state index in [4.69, 9.17) is 5.11 Å². The Labute approximate surface area is 114 Å². The van der Waals surface area contributed by atoms with Gasteiger partial charge in [0.05, 0.1) is 18.4 Å². The van der Waals surface area contributed by atoms with Crippen molar-refractivity contribution in [3.8, 4) is 0 Å². The monoisotopic (exact) mass is 369 g/mol. The van der Waals surface area contributed by atoms with E-state index >= 15 is 0 Å². The molecule has 94 valence electrons. The lowest BCUT2D eigenvalue weighted by Crippen LogP contribution is -2.31. The molecule has 0 bridgehead atoms. The minimum absolute atomic E-state index is 0.0608. The maximum absolute atomic E-state index is 11.6. The number of hydrogen-bond acceptors (Lipinski definition) is 3. The molecule has 0 aliphatic carbocycles. The molecule has 0 spiro atoms. The number of carbonyl (C=O) groups is 1. The van der Waals surface area contributed by atoms with E-state index in [1.165, 1.54) is 0 Å². The zero-order valence-electron chi connectivity index (χ0n) is 9.13. The Morgan fingerprint density at radius 3 is 2.29 bits per heavy atom. The van der Waals surface area contributed by atoms with E-state index < -0.39 is 16.0 Å². The first-order valence-corrected chi connectivity index (χ1v) is 7.68. The van der Waals surface area contributed by atoms with Crippen LogP contribution < -0.4 is 4.31 Å². The van der Waals surface area contributed by atoms with Crippen LogP contribution in [0.15, 0.2) is 24.3 Å². The fourth-order valence-corrected chi connectivity index (χ4v) is 2.58. The maximum atomic E-state index is 11.6. The summed E-state index contributed by atoms with van der Waals surface area (Å²) in [4.78, 5) is 10.5. The summed E-state index contributed by atoms with van der Waals surface area (Å²) in [6.07, 6.45) is 0.839. The van der Waals surface area contributed by atoms with Crippen LogP contribution in [-0.2, 0) is 14.8 Å². The van der Waals surface area contributed by atoms with Gasteiger partial charge in [0.2, 0.25) is 10.0 Å². The Kier molecular flexibility index (Phi) is 4.75. The highest BCUT2D eigenvalue weighted by Gasteiger charge is 2.18. The topological polar surface area (TPSA) is 74.7 Å². The van der Waals surface area contributed by atoms with Gasteiger partial charge in [0.25, 0.3) is 0 Å². The van der Waals surface area contributed by atoms with Crippen molar-refractivity contribution in [2.24, 2.45) is 0 Å². The highest BCUT2D eigenvalue weighted by Crippen LogP contribution is 2.19. The van der Waals surface area contributed by atoms with Crippen LogP contribution in [0.4, 0.5) is 5.69 Å². The van der Waals surface area contributed by atoms with Gasteiger partial charge in [-0.3, -0.25) is 9.10 Å². The molecule has 0 saturated heterocycles. The summed E-state index contributed by atoms with van der Waals surface area (Å²) < 4.78 is 25.2. The molecule has 0 amide bonds. The Morgan fingerprint density at radius 2 is 1.88 bits per heavy atom. The minimum Gasteiger partial charge on any atom is -0.481 e. The van der Waals surface area contributed by atoms with E-state index in [-0.39, 0.29) is 13.0 Å². The third kappa shape index (κ3) is 4.50. The van der Waals surface area contributed by atoms with Crippen molar-refractivity contribution in [1.29, 1.82) is 0 Å². The number of carboxylic acids is 1. The van der Waals surface area contributed by atoms with E-state index in [9.17, 15) is 13.2 Å². The zero-order valence-corrected chi connectivity index (χ0v) is 12.1. The molecule has 1 rings (SSSR count). The Bertz CT molecular complexity index is 498. The number of nitrogens with zero attached hydrogens (tertiary/aromatic N) is 1. The van der Waals surface area contributed by atoms with Crippen molar-refractivity contribution in [3.05, 3.63) is 27.8 Å². The molecule has 0 aliphatic rings. The quantitative estimate of drug-likeness (QED) is 0.799. The molecule has 0 radical (unpaired) electrons. The molecule has 0 fully saturated rings. The number of carboxylic acid groups (broad SMARTS) is 1. The third-order valence-corrected chi connectivity index (χ3v) is 3.96. The second kappa shape index (κ2) is 5.67. The summed E-state index contributed by atoms with van der Waals surface area (Å²) in [5.41, 5.74) is 0.481. The van der Waals surface area contributed by atoms with Crippen LogP contribution in [0.1, 0.15) is 6.42 Å². The standard InChI is InChI=1S/C10H12INO4S/c1-17(15,16)12(7-6-10(13)14)9-4-2-8(11)3-5-9/h2-5H,6-7H2,1H3,(H,13,14). The summed E-state index contributed by atoms with van der Waals surface area (Å²) in [5, 5.41) is 8.60. The smallest absolute Gasteiger partial charge is 0.305 e. The first-order chi connectivity index (χ1) is 7.80. The van der Waals surface area contributed by atoms with E-state index in [2.05, 4.69) is 22.6 Å². The molecule has 0 aliphatic heterocycles. The van der Waals surface area contributed by atoms with Crippen LogP contribution in [-0.4, -0.2) is 32.3 Å². The third-order valence-electron chi connectivity index (χ3n) is 2.04. The summed E-state index contributed by atoms with van der Waals surface area (Å²) in [6, 6.07) is 6.86. The van der Waals surface area contributed by atoms with Gasteiger partial charge in [-0.15, -0.1) is 0 Å². The minimum atomic E-state index is -3.46. The summed E-state index contributed by atoms with van der Waals surface area (Å²) >= 11 is 2.11. The van der Waals surface area contributed by atoms with Crippen molar-refractivity contribution < 1.29 is 18.3 Å². The second-order valence-electron chi connectivity index (χ2n) is 3.46. The van der Waals surface area contributed by atoms with Crippen LogP contribution in [0.2, 0.25) is 0 Å². The SMILES string of the molecule is CS(=O)(=O)N(CCC(=O)O)c1ccc(I)cc1. The van der Waals surface area contributed by atoms with Gasteiger partial charge in [-0.1, -0.05) is 0 Å². The summed E-state index contributed by atoms with van der Waals surface area (Å²) in [6.45, 7) is -0.0608. The molecular weight excluding hydrogens is 357 g/mol. The van der Waals surface area contributed by atoms with E-state index in [1.54, 1.807) is 24.3 Å². The Balaban J connectivity index is 2.98. The molecule has 1 aromatic carbocycles. The van der Waals surface area contributed by atoms with Gasteiger partial charge in [0, 0.05) is 10.1 Å². The molecule has 0 unspecified atom stereocenters. The van der Waals surface area contributed by atoms with Crippen molar-refractivity contribution in [2.45, 2.75) is 6.42 Å². The van der Waals surface area contributed by atoms with Crippen molar-refractivity contribution in [1.82, 2.24) is 0 Å². The van der Waals surface area contributed by atoms with Crippen molar-refractivity contribution >= 4 is 44.3 Å². The number of benzene rings is 1. The predicted octanol–water partition coefficient (Wildman–Crippen LogP) is 1.53. The van der Waals surface area contributed by atoms with Gasteiger partial charge in [-0.25, -0.2) is 8.42 Å². The maximum Gasteiger partial charge on any atom is 0.305 e. The molecule has 1 aromatic rings. The average Bonchev–Trinajstić information content (AvgIpc) is 2.18. The molecule has 0 aromatic heterocycles. The number of aliphatic carboxylic acids is 1. The van der Waals surface area contributed by atoms with Crippen LogP contribution in [0, 0.1) is 3.57 Å². The fourth-order valence-electron chi connectivity index (χ4n) is 1.29. The number of hydrogen-bond donors (Lipinski definition) is 1. The fraction of sp³-hybridized carbons (Fsp3) is 0.300. The molecule has 1 N–H and O–H groups in total. The van der Waals surface area contributed by atoms with Gasteiger partial charge < -0.3 is 5.11 Å². The molecular formula is C10H12INO4S. The first-order valence-electron chi connectivity index (χ1n) is 4.76. The number of sulfonamides is 1. The zero-order chi connectivity index (χ0) is 13.1. The van der Waals surface area contributed by atoms with E-state index in [0.717, 1.165) is 14.1 Å². The molecule has 7 heteroatoms. The van der Waals surface area contributed by atoms with Crippen molar-refractivity contribution in [2.75, 3.05) is 17.1 Å². The molecule has 0 saturated carbocycles. The molecule has 5 nitrogen and oxygen atoms in total. The van der Waals surface area contributed by atoms with Gasteiger partial charge >= 0.3 is 5.97 Å². The van der Waals surface area contributed by atoms with E-state index in [0.29, 0.717) is 5.69 Å². The average molecular weight is 369 g/mol. The van der Waals surface area contributed by atoms with Crippen LogP contribution >= 0.6 is 22.6 Å². The molecule has 0 atom stereocenters. The van der Waals surface area contributed by atoms with E-state index in [1.807, 2.05) is 0 Å². The lowest BCUT2D eigenvalue weighted by molar-refractivity contribution is -0.136. The highest BCUT2D eigenvalue weighted by molar-refractivity contribution is 14.1. The van der Waals surface area contributed by atoms with Crippen LogP contribution in [0.3, 0.4) is 0 Å². The highest BCUT2D eigenvalue weighted by atomic mass is 127. The number of halogens is 1. The van der Waals surface area contributed by atoms with Crippen LogP contribution in [0.5, 0.6) is 0 Å². The molecule has 17 heavy (non-hydrogen) atoms. The number of anilines is 1. The predicted molar refractivity (Wildman–Crippen MR) is 73.6 cm³/mol. The van der Waals surface area contributed by atoms with Crippen LogP contribution in [0.25, 0.3) is 0 Å². The van der Waals surface area contributed by atoms with Gasteiger partial charge in [0.1, 0.15) is 0 Å². The summed E-state index contributed by atoms with van der Waals surface area (Å²) in [7, 11) is -3.46.